The van der Waals surface area contributed by atoms with Crippen molar-refractivity contribution < 1.29 is 4.39 Å². The van der Waals surface area contributed by atoms with Crippen molar-refractivity contribution >= 4 is 23.2 Å². The van der Waals surface area contributed by atoms with Crippen LogP contribution in [0.3, 0.4) is 0 Å². The summed E-state index contributed by atoms with van der Waals surface area (Å²) in [6.07, 6.45) is 0.873. The molecule has 4 N–H and O–H groups in total. The molecule has 1 rings (SSSR count). The predicted molar refractivity (Wildman–Crippen MR) is 64.9 cm³/mol. The Hall–Kier alpha value is -1.33. The summed E-state index contributed by atoms with van der Waals surface area (Å²) < 4.78 is 13.4. The minimum absolute atomic E-state index is 0.164. The molecule has 0 aliphatic heterocycles. The minimum Gasteiger partial charge on any atom is -0.322 e. The molecule has 1 aromatic rings. The number of hydrazine groups is 1. The Bertz CT molecular complexity index is 361. The topological polar surface area (TPSA) is 62.4 Å². The molecule has 0 amide bonds. The molecule has 1 aromatic carbocycles. The first-order valence-corrected chi connectivity index (χ1v) is 5.29. The van der Waals surface area contributed by atoms with E-state index in [-0.39, 0.29) is 16.7 Å². The van der Waals surface area contributed by atoms with Gasteiger partial charge in [-0.3, -0.25) is 10.4 Å². The summed E-state index contributed by atoms with van der Waals surface area (Å²) in [5.41, 5.74) is 2.52. The number of guanidine groups is 1. The highest BCUT2D eigenvalue weighted by atomic mass is 35.5. The average Bonchev–Trinajstić information content (AvgIpc) is 2.28. The van der Waals surface area contributed by atoms with Crippen LogP contribution in [0.15, 0.2) is 23.2 Å². The highest BCUT2D eigenvalue weighted by molar-refractivity contribution is 6.33. The van der Waals surface area contributed by atoms with Crippen LogP contribution < -0.4 is 16.6 Å². The van der Waals surface area contributed by atoms with Crippen LogP contribution in [0.5, 0.6) is 0 Å². The molecule has 0 unspecified atom stereocenters. The predicted octanol–water partition coefficient (Wildman–Crippen LogP) is 2.12. The van der Waals surface area contributed by atoms with E-state index in [4.69, 9.17) is 17.4 Å². The molecule has 16 heavy (non-hydrogen) atoms. The van der Waals surface area contributed by atoms with E-state index in [1.54, 1.807) is 6.07 Å². The van der Waals surface area contributed by atoms with Crippen LogP contribution in [-0.4, -0.2) is 12.5 Å². The van der Waals surface area contributed by atoms with Crippen LogP contribution in [0, 0.1) is 5.82 Å². The van der Waals surface area contributed by atoms with Gasteiger partial charge in [0.2, 0.25) is 5.96 Å². The summed E-state index contributed by atoms with van der Waals surface area (Å²) in [6, 6.07) is 4.42. The Kier molecular flexibility index (Phi) is 5.01. The van der Waals surface area contributed by atoms with Gasteiger partial charge in [0.25, 0.3) is 0 Å². The van der Waals surface area contributed by atoms with E-state index in [0.29, 0.717) is 6.54 Å². The standard InChI is InChI=1S/C10H14ClFN4/c1-2-6-14-10(16-13)15-9-7(11)4-3-5-8(9)12/h3-5H,2,6,13H2,1H3,(H2,14,15,16). The van der Waals surface area contributed by atoms with Gasteiger partial charge in [0, 0.05) is 6.54 Å². The van der Waals surface area contributed by atoms with Gasteiger partial charge >= 0.3 is 0 Å². The zero-order valence-electron chi connectivity index (χ0n) is 8.93. The molecule has 4 nitrogen and oxygen atoms in total. The van der Waals surface area contributed by atoms with Crippen LogP contribution in [-0.2, 0) is 0 Å². The fourth-order valence-corrected chi connectivity index (χ4v) is 1.29. The number of nitrogens with two attached hydrogens (primary N) is 1. The lowest BCUT2D eigenvalue weighted by Gasteiger charge is -2.11. The van der Waals surface area contributed by atoms with Gasteiger partial charge in [-0.25, -0.2) is 10.2 Å². The lowest BCUT2D eigenvalue weighted by atomic mass is 10.3. The van der Waals surface area contributed by atoms with Gasteiger partial charge in [-0.05, 0) is 18.6 Å². The van der Waals surface area contributed by atoms with Crippen molar-refractivity contribution in [3.63, 3.8) is 0 Å². The van der Waals surface area contributed by atoms with E-state index >= 15 is 0 Å². The van der Waals surface area contributed by atoms with Gasteiger partial charge in [-0.2, -0.15) is 0 Å². The van der Waals surface area contributed by atoms with E-state index in [1.807, 2.05) is 6.92 Å². The van der Waals surface area contributed by atoms with E-state index in [9.17, 15) is 4.39 Å². The van der Waals surface area contributed by atoms with Crippen molar-refractivity contribution in [1.82, 2.24) is 5.43 Å². The monoisotopic (exact) mass is 244 g/mol. The van der Waals surface area contributed by atoms with Gasteiger partial charge in [0.1, 0.15) is 5.82 Å². The molecule has 88 valence electrons. The molecule has 0 saturated carbocycles. The third-order valence-electron chi connectivity index (χ3n) is 1.84. The van der Waals surface area contributed by atoms with E-state index in [2.05, 4.69) is 15.7 Å². The maximum absolute atomic E-state index is 13.4. The van der Waals surface area contributed by atoms with Crippen LogP contribution in [0.1, 0.15) is 13.3 Å². The lowest BCUT2D eigenvalue weighted by Crippen LogP contribution is -2.36. The third-order valence-corrected chi connectivity index (χ3v) is 2.15. The van der Waals surface area contributed by atoms with Crippen molar-refractivity contribution in [3.8, 4) is 0 Å². The van der Waals surface area contributed by atoms with Gasteiger partial charge in [-0.1, -0.05) is 24.6 Å². The summed E-state index contributed by atoms with van der Waals surface area (Å²) in [6.45, 7) is 2.58. The SMILES string of the molecule is CCCN=C(NN)Nc1c(F)cccc1Cl. The van der Waals surface area contributed by atoms with Gasteiger partial charge in [0.15, 0.2) is 0 Å². The molecular formula is C10H14ClFN4. The van der Waals surface area contributed by atoms with Crippen molar-refractivity contribution in [1.29, 1.82) is 0 Å². The maximum Gasteiger partial charge on any atom is 0.210 e. The largest absolute Gasteiger partial charge is 0.322 e. The number of aliphatic imine (C=N–C) groups is 1. The molecule has 0 atom stereocenters. The Balaban J connectivity index is 2.85. The number of benzene rings is 1. The highest BCUT2D eigenvalue weighted by Crippen LogP contribution is 2.24. The van der Waals surface area contributed by atoms with Crippen LogP contribution in [0.4, 0.5) is 10.1 Å². The molecule has 0 aromatic heterocycles. The first-order chi connectivity index (χ1) is 7.69. The summed E-state index contributed by atoms with van der Waals surface area (Å²) in [5, 5.41) is 2.98. The molecule has 0 heterocycles. The molecule has 0 aliphatic carbocycles. The highest BCUT2D eigenvalue weighted by Gasteiger charge is 2.08. The Morgan fingerprint density at radius 3 is 2.88 bits per heavy atom. The third kappa shape index (κ3) is 3.36. The Morgan fingerprint density at radius 1 is 1.56 bits per heavy atom. The average molecular weight is 245 g/mol. The maximum atomic E-state index is 13.4. The number of para-hydroxylation sites is 1. The number of nitrogens with one attached hydrogen (secondary N) is 2. The fourth-order valence-electron chi connectivity index (χ4n) is 1.08. The zero-order chi connectivity index (χ0) is 12.0. The second-order valence-corrected chi connectivity index (χ2v) is 3.50. The molecule has 0 aliphatic rings. The molecule has 0 fully saturated rings. The van der Waals surface area contributed by atoms with Crippen molar-refractivity contribution in [2.75, 3.05) is 11.9 Å². The summed E-state index contributed by atoms with van der Waals surface area (Å²) in [5.74, 6) is 5.09. The van der Waals surface area contributed by atoms with Crippen LogP contribution in [0.2, 0.25) is 5.02 Å². The first kappa shape index (κ1) is 12.7. The Morgan fingerprint density at radius 2 is 2.31 bits per heavy atom. The van der Waals surface area contributed by atoms with Crippen LogP contribution in [0.25, 0.3) is 0 Å². The molecule has 0 spiro atoms. The smallest absolute Gasteiger partial charge is 0.210 e. The number of anilines is 1. The Labute approximate surface area is 98.7 Å². The quantitative estimate of drug-likeness (QED) is 0.330. The number of nitrogens with zero attached hydrogens (tertiary/aromatic N) is 1. The van der Waals surface area contributed by atoms with Gasteiger partial charge in [-0.15, -0.1) is 0 Å². The first-order valence-electron chi connectivity index (χ1n) is 4.91. The van der Waals surface area contributed by atoms with Crippen LogP contribution >= 0.6 is 11.6 Å². The van der Waals surface area contributed by atoms with Crippen molar-refractivity contribution in [3.05, 3.63) is 29.0 Å². The van der Waals surface area contributed by atoms with E-state index in [0.717, 1.165) is 6.42 Å². The van der Waals surface area contributed by atoms with E-state index < -0.39 is 5.82 Å². The van der Waals surface area contributed by atoms with Gasteiger partial charge in [0.05, 0.1) is 10.7 Å². The summed E-state index contributed by atoms with van der Waals surface area (Å²) in [4.78, 5) is 4.08. The summed E-state index contributed by atoms with van der Waals surface area (Å²) in [7, 11) is 0. The minimum atomic E-state index is -0.452. The molecule has 0 saturated heterocycles. The molecular weight excluding hydrogens is 231 g/mol. The lowest BCUT2D eigenvalue weighted by molar-refractivity contribution is 0.632. The normalized spacial score (nSPS) is 11.4. The molecule has 6 heteroatoms. The molecule has 0 radical (unpaired) electrons. The zero-order valence-corrected chi connectivity index (χ0v) is 9.68. The summed E-state index contributed by atoms with van der Waals surface area (Å²) >= 11 is 5.84. The molecule has 0 bridgehead atoms. The number of rotatable bonds is 3. The second-order valence-electron chi connectivity index (χ2n) is 3.10. The second kappa shape index (κ2) is 6.30. The fraction of sp³-hybridized carbons (Fsp3) is 0.300. The number of hydrogen-bond donors (Lipinski definition) is 3. The van der Waals surface area contributed by atoms with Crippen molar-refractivity contribution in [2.24, 2.45) is 10.8 Å². The van der Waals surface area contributed by atoms with E-state index in [1.165, 1.54) is 12.1 Å². The van der Waals surface area contributed by atoms with Gasteiger partial charge < -0.3 is 5.32 Å². The van der Waals surface area contributed by atoms with Crippen molar-refractivity contribution in [2.45, 2.75) is 13.3 Å². The number of halogens is 2. The number of hydrogen-bond acceptors (Lipinski definition) is 2.